The second-order valence-corrected chi connectivity index (χ2v) is 9.40. The molecule has 1 aromatic heterocycles. The maximum absolute atomic E-state index is 12.3. The molecule has 1 aliphatic rings. The van der Waals surface area contributed by atoms with Gasteiger partial charge in [-0.3, -0.25) is 4.79 Å². The van der Waals surface area contributed by atoms with E-state index in [-0.39, 0.29) is 19.1 Å². The molecule has 1 aromatic carbocycles. The lowest BCUT2D eigenvalue weighted by Crippen LogP contribution is -2.40. The molecule has 1 amide bonds. The number of hydrogen-bond donors (Lipinski definition) is 3. The van der Waals surface area contributed by atoms with E-state index in [4.69, 9.17) is 14.9 Å². The van der Waals surface area contributed by atoms with Crippen LogP contribution >= 0.6 is 0 Å². The third-order valence-electron chi connectivity index (χ3n) is 6.47. The number of anilines is 1. The minimum absolute atomic E-state index is 0.305. The first-order chi connectivity index (χ1) is 16.4. The van der Waals surface area contributed by atoms with Crippen LogP contribution in [-0.4, -0.2) is 65.0 Å². The summed E-state index contributed by atoms with van der Waals surface area (Å²) < 4.78 is 5.91. The number of ether oxygens (including phenoxy) is 1. The van der Waals surface area contributed by atoms with Crippen molar-refractivity contribution in [1.82, 2.24) is 15.3 Å². The largest absolute Gasteiger partial charge is 0.494 e. The van der Waals surface area contributed by atoms with Crippen LogP contribution < -0.4 is 15.0 Å². The molecule has 0 unspecified atom stereocenters. The van der Waals surface area contributed by atoms with Crippen molar-refractivity contribution < 1.29 is 19.7 Å². The number of carbonyl (C=O) groups is 1. The predicted octanol–water partition coefficient (Wildman–Crippen LogP) is 3.07. The molecule has 186 valence electrons. The third kappa shape index (κ3) is 7.14. The fraction of sp³-hybridized carbons (Fsp3) is 0.577. The number of nitrogens with one attached hydrogen (secondary N) is 1. The molecule has 8 heteroatoms. The Kier molecular flexibility index (Phi) is 9.65. The summed E-state index contributed by atoms with van der Waals surface area (Å²) in [6.07, 6.45) is 8.28. The van der Waals surface area contributed by atoms with Crippen molar-refractivity contribution in [3.8, 4) is 5.75 Å². The van der Waals surface area contributed by atoms with Crippen LogP contribution in [0.1, 0.15) is 66.9 Å². The average Bonchev–Trinajstić information content (AvgIpc) is 2.85. The van der Waals surface area contributed by atoms with Crippen LogP contribution in [0.5, 0.6) is 5.75 Å². The molecule has 1 fully saturated rings. The van der Waals surface area contributed by atoms with Crippen LogP contribution in [0.2, 0.25) is 0 Å². The molecule has 0 saturated carbocycles. The molecule has 3 rings (SSSR count). The van der Waals surface area contributed by atoms with Gasteiger partial charge < -0.3 is 25.2 Å². The highest BCUT2D eigenvalue weighted by Crippen LogP contribution is 2.25. The lowest BCUT2D eigenvalue weighted by molar-refractivity contribution is 0.0878. The average molecular weight is 471 g/mol. The highest BCUT2D eigenvalue weighted by atomic mass is 16.5. The Hall–Kier alpha value is -2.71. The summed E-state index contributed by atoms with van der Waals surface area (Å²) in [5.41, 5.74) is 2.47. The maximum Gasteiger partial charge on any atom is 0.251 e. The van der Waals surface area contributed by atoms with Gasteiger partial charge in [0, 0.05) is 31.0 Å². The number of piperidine rings is 1. The van der Waals surface area contributed by atoms with Gasteiger partial charge in [-0.1, -0.05) is 13.8 Å². The molecule has 34 heavy (non-hydrogen) atoms. The maximum atomic E-state index is 12.3. The SMILES string of the molecule is Cc1cc(OCCCC2CCN(c3ncc(C(C)C)cn3)CC2)ccc1C(=O)NC(CO)CO. The topological polar surface area (TPSA) is 108 Å². The molecular weight excluding hydrogens is 432 g/mol. The molecule has 1 aliphatic heterocycles. The highest BCUT2D eigenvalue weighted by molar-refractivity contribution is 5.96. The van der Waals surface area contributed by atoms with Crippen molar-refractivity contribution >= 4 is 11.9 Å². The minimum Gasteiger partial charge on any atom is -0.494 e. The Bertz CT molecular complexity index is 908. The Morgan fingerprint density at radius 3 is 2.44 bits per heavy atom. The van der Waals surface area contributed by atoms with Gasteiger partial charge in [0.15, 0.2) is 0 Å². The van der Waals surface area contributed by atoms with Gasteiger partial charge in [-0.25, -0.2) is 9.97 Å². The summed E-state index contributed by atoms with van der Waals surface area (Å²) in [5.74, 6) is 2.40. The van der Waals surface area contributed by atoms with Crippen molar-refractivity contribution in [2.45, 2.75) is 58.4 Å². The number of aliphatic hydroxyl groups is 2. The van der Waals surface area contributed by atoms with Crippen molar-refractivity contribution in [2.75, 3.05) is 37.8 Å². The van der Waals surface area contributed by atoms with E-state index in [2.05, 4.69) is 34.0 Å². The number of amides is 1. The Labute approximate surface area is 202 Å². The monoisotopic (exact) mass is 470 g/mol. The summed E-state index contributed by atoms with van der Waals surface area (Å²) >= 11 is 0. The van der Waals surface area contributed by atoms with Gasteiger partial charge in [0.1, 0.15) is 5.75 Å². The Balaban J connectivity index is 1.38. The van der Waals surface area contributed by atoms with E-state index >= 15 is 0 Å². The fourth-order valence-electron chi connectivity index (χ4n) is 4.17. The van der Waals surface area contributed by atoms with Crippen molar-refractivity contribution in [3.63, 3.8) is 0 Å². The van der Waals surface area contributed by atoms with Gasteiger partial charge >= 0.3 is 0 Å². The van der Waals surface area contributed by atoms with E-state index in [1.165, 1.54) is 5.56 Å². The third-order valence-corrected chi connectivity index (χ3v) is 6.47. The zero-order chi connectivity index (χ0) is 24.5. The van der Waals surface area contributed by atoms with E-state index in [0.29, 0.717) is 24.0 Å². The van der Waals surface area contributed by atoms with Crippen LogP contribution in [-0.2, 0) is 0 Å². The summed E-state index contributed by atoms with van der Waals surface area (Å²) in [5, 5.41) is 20.9. The Morgan fingerprint density at radius 1 is 1.18 bits per heavy atom. The van der Waals surface area contributed by atoms with Gasteiger partial charge in [-0.15, -0.1) is 0 Å². The number of aryl methyl sites for hydroxylation is 1. The van der Waals surface area contributed by atoms with Gasteiger partial charge in [-0.2, -0.15) is 0 Å². The second kappa shape index (κ2) is 12.7. The molecule has 0 bridgehead atoms. The first-order valence-electron chi connectivity index (χ1n) is 12.2. The van der Waals surface area contributed by atoms with Gasteiger partial charge in [0.05, 0.1) is 25.9 Å². The predicted molar refractivity (Wildman–Crippen MR) is 132 cm³/mol. The van der Waals surface area contributed by atoms with Crippen LogP contribution in [0.4, 0.5) is 5.95 Å². The molecule has 0 radical (unpaired) electrons. The molecule has 0 atom stereocenters. The number of rotatable bonds is 11. The van der Waals surface area contributed by atoms with Crippen LogP contribution in [0, 0.1) is 12.8 Å². The van der Waals surface area contributed by atoms with E-state index in [1.54, 1.807) is 12.1 Å². The summed E-state index contributed by atoms with van der Waals surface area (Å²) in [6, 6.07) is 4.70. The number of benzene rings is 1. The van der Waals surface area contributed by atoms with Crippen molar-refractivity contribution in [3.05, 3.63) is 47.3 Å². The molecule has 1 saturated heterocycles. The molecule has 2 aromatic rings. The lowest BCUT2D eigenvalue weighted by Gasteiger charge is -2.32. The van der Waals surface area contributed by atoms with Crippen LogP contribution in [0.25, 0.3) is 0 Å². The lowest BCUT2D eigenvalue weighted by atomic mass is 9.92. The van der Waals surface area contributed by atoms with Gasteiger partial charge in [0.25, 0.3) is 5.91 Å². The normalized spacial score (nSPS) is 14.6. The Morgan fingerprint density at radius 2 is 1.85 bits per heavy atom. The standard InChI is InChI=1S/C26H38N4O4/c1-18(2)21-14-27-26(28-15-21)30-10-8-20(9-11-30)5-4-12-34-23-6-7-24(19(3)13-23)25(33)29-22(16-31)17-32/h6-7,13-15,18,20,22,31-32H,4-5,8-12,16-17H2,1-3H3,(H,29,33). The molecule has 0 spiro atoms. The molecule has 2 heterocycles. The first-order valence-corrected chi connectivity index (χ1v) is 12.2. The quantitative estimate of drug-likeness (QED) is 0.433. The second-order valence-electron chi connectivity index (χ2n) is 9.40. The summed E-state index contributed by atoms with van der Waals surface area (Å²) in [4.78, 5) is 23.7. The fourth-order valence-corrected chi connectivity index (χ4v) is 4.17. The van der Waals surface area contributed by atoms with E-state index in [9.17, 15) is 4.79 Å². The zero-order valence-corrected chi connectivity index (χ0v) is 20.5. The van der Waals surface area contributed by atoms with E-state index in [1.807, 2.05) is 25.4 Å². The molecule has 3 N–H and O–H groups in total. The molecule has 8 nitrogen and oxygen atoms in total. The highest BCUT2D eigenvalue weighted by Gasteiger charge is 2.21. The van der Waals surface area contributed by atoms with Gasteiger partial charge in [0.2, 0.25) is 5.95 Å². The number of nitrogens with zero attached hydrogens (tertiary/aromatic N) is 3. The zero-order valence-electron chi connectivity index (χ0n) is 20.5. The van der Waals surface area contributed by atoms with Crippen molar-refractivity contribution in [1.29, 1.82) is 0 Å². The first kappa shape index (κ1) is 25.9. The number of aliphatic hydroxyl groups excluding tert-OH is 2. The van der Waals surface area contributed by atoms with E-state index < -0.39 is 6.04 Å². The van der Waals surface area contributed by atoms with Crippen molar-refractivity contribution in [2.24, 2.45) is 5.92 Å². The van der Waals surface area contributed by atoms with E-state index in [0.717, 1.165) is 56.0 Å². The molecule has 0 aliphatic carbocycles. The van der Waals surface area contributed by atoms with Gasteiger partial charge in [-0.05, 0) is 73.8 Å². The smallest absolute Gasteiger partial charge is 0.251 e. The number of carbonyl (C=O) groups excluding carboxylic acids is 1. The molecular formula is C26H38N4O4. The summed E-state index contributed by atoms with van der Waals surface area (Å²) in [6.45, 7) is 8.16. The minimum atomic E-state index is -0.660. The summed E-state index contributed by atoms with van der Waals surface area (Å²) in [7, 11) is 0. The number of hydrogen-bond acceptors (Lipinski definition) is 7. The van der Waals surface area contributed by atoms with Crippen LogP contribution in [0.3, 0.4) is 0 Å². The van der Waals surface area contributed by atoms with Crippen LogP contribution in [0.15, 0.2) is 30.6 Å². The number of aromatic nitrogens is 2.